The molecule has 0 fully saturated rings. The molecule has 2 nitrogen and oxygen atoms in total. The standard InChI is InChI=1S/C10H8ClNO.C6H5ClF2/c1-2-7-8-4-3-6(11)5-9(8)12-10(7)13;1-5(7)4-6(9)2-3-8/h2-5H,1H3,(H,12,13);2-4H,1H2/b7-2+;3-2-,6-4+. The first kappa shape index (κ1) is 18.1. The molecule has 0 saturated heterocycles. The number of nitrogens with one attached hydrogen (secondary N) is 1. The number of hydrogen-bond acceptors (Lipinski definition) is 1. The Morgan fingerprint density at radius 3 is 2.64 bits per heavy atom. The van der Waals surface area contributed by atoms with Crippen LogP contribution in [0.1, 0.15) is 12.5 Å². The van der Waals surface area contributed by atoms with E-state index in [0.29, 0.717) is 16.7 Å². The van der Waals surface area contributed by atoms with Crippen LogP contribution in [0.4, 0.5) is 14.5 Å². The van der Waals surface area contributed by atoms with E-state index in [2.05, 4.69) is 11.9 Å². The lowest BCUT2D eigenvalue weighted by Gasteiger charge is -1.97. The van der Waals surface area contributed by atoms with Gasteiger partial charge in [0.2, 0.25) is 0 Å². The normalized spacial score (nSPS) is 15.4. The maximum Gasteiger partial charge on any atom is 0.256 e. The van der Waals surface area contributed by atoms with Gasteiger partial charge in [-0.25, -0.2) is 8.78 Å². The average molecular weight is 344 g/mol. The van der Waals surface area contributed by atoms with Gasteiger partial charge in [0.1, 0.15) is 5.83 Å². The van der Waals surface area contributed by atoms with Crippen LogP contribution in [0.2, 0.25) is 5.02 Å². The molecule has 22 heavy (non-hydrogen) atoms. The zero-order chi connectivity index (χ0) is 16.7. The summed E-state index contributed by atoms with van der Waals surface area (Å²) in [4.78, 5) is 11.4. The van der Waals surface area contributed by atoms with Crippen LogP contribution in [0.25, 0.3) is 5.57 Å². The molecular formula is C16H13Cl2F2NO. The third kappa shape index (κ3) is 5.13. The Morgan fingerprint density at radius 2 is 2.09 bits per heavy atom. The van der Waals surface area contributed by atoms with E-state index in [0.717, 1.165) is 17.3 Å². The highest BCUT2D eigenvalue weighted by Crippen LogP contribution is 2.33. The van der Waals surface area contributed by atoms with Crippen LogP contribution in [-0.4, -0.2) is 5.91 Å². The Hall–Kier alpha value is -1.91. The third-order valence-corrected chi connectivity index (χ3v) is 2.91. The van der Waals surface area contributed by atoms with E-state index >= 15 is 0 Å². The molecule has 0 aromatic heterocycles. The van der Waals surface area contributed by atoms with Gasteiger partial charge in [-0.3, -0.25) is 4.79 Å². The Kier molecular flexibility index (Phi) is 7.02. The highest BCUT2D eigenvalue weighted by atomic mass is 35.5. The second-order valence-corrected chi connectivity index (χ2v) is 5.04. The van der Waals surface area contributed by atoms with Crippen molar-refractivity contribution in [2.45, 2.75) is 6.92 Å². The molecule has 116 valence electrons. The second kappa shape index (κ2) is 8.51. The van der Waals surface area contributed by atoms with Crippen molar-refractivity contribution in [3.8, 4) is 0 Å². The van der Waals surface area contributed by atoms with E-state index in [1.807, 2.05) is 13.0 Å². The molecule has 6 heteroatoms. The fourth-order valence-electron chi connectivity index (χ4n) is 1.71. The smallest absolute Gasteiger partial charge is 0.256 e. The summed E-state index contributed by atoms with van der Waals surface area (Å²) in [5.74, 6) is -0.808. The van der Waals surface area contributed by atoms with Gasteiger partial charge in [0.25, 0.3) is 5.91 Å². The molecule has 0 atom stereocenters. The van der Waals surface area contributed by atoms with Crippen LogP contribution >= 0.6 is 23.2 Å². The zero-order valence-electron chi connectivity index (χ0n) is 11.7. The first-order valence-corrected chi connectivity index (χ1v) is 6.90. The number of halogens is 4. The number of fused-ring (bicyclic) bond motifs is 1. The SMILES string of the molecule is C/C=C1/C(=O)Nc2cc(Cl)ccc21.C=C(Cl)/C=C(F)\C=C/F. The fraction of sp³-hybridized carbons (Fsp3) is 0.0625. The van der Waals surface area contributed by atoms with Gasteiger partial charge in [0, 0.05) is 27.3 Å². The molecule has 1 heterocycles. The summed E-state index contributed by atoms with van der Waals surface area (Å²) >= 11 is 10.9. The van der Waals surface area contributed by atoms with Gasteiger partial charge in [-0.15, -0.1) is 0 Å². The van der Waals surface area contributed by atoms with Crippen molar-refractivity contribution >= 4 is 40.4 Å². The number of anilines is 1. The number of hydrogen-bond donors (Lipinski definition) is 1. The van der Waals surface area contributed by atoms with Gasteiger partial charge in [-0.05, 0) is 25.1 Å². The number of carbonyl (C=O) groups excluding carboxylic acids is 1. The zero-order valence-corrected chi connectivity index (χ0v) is 13.2. The van der Waals surface area contributed by atoms with Gasteiger partial charge >= 0.3 is 0 Å². The van der Waals surface area contributed by atoms with Crippen LogP contribution in [-0.2, 0) is 4.79 Å². The largest absolute Gasteiger partial charge is 0.321 e. The van der Waals surface area contributed by atoms with Crippen molar-refractivity contribution in [3.63, 3.8) is 0 Å². The van der Waals surface area contributed by atoms with E-state index in [-0.39, 0.29) is 17.3 Å². The molecule has 1 N–H and O–H groups in total. The predicted molar refractivity (Wildman–Crippen MR) is 88.2 cm³/mol. The van der Waals surface area contributed by atoms with Gasteiger partial charge in [0.05, 0.1) is 12.0 Å². The second-order valence-electron chi connectivity index (χ2n) is 4.12. The van der Waals surface area contributed by atoms with Crippen molar-refractivity contribution < 1.29 is 13.6 Å². The topological polar surface area (TPSA) is 29.1 Å². The first-order valence-electron chi connectivity index (χ1n) is 6.15. The molecule has 1 aliphatic rings. The van der Waals surface area contributed by atoms with E-state index < -0.39 is 5.83 Å². The highest BCUT2D eigenvalue weighted by Gasteiger charge is 2.22. The lowest BCUT2D eigenvalue weighted by Crippen LogP contribution is -2.03. The Labute approximate surface area is 137 Å². The number of rotatable bonds is 2. The summed E-state index contributed by atoms with van der Waals surface area (Å²) in [6, 6.07) is 5.39. The minimum absolute atomic E-state index is 0.0330. The van der Waals surface area contributed by atoms with E-state index in [1.165, 1.54) is 0 Å². The van der Waals surface area contributed by atoms with Crippen molar-refractivity contribution in [2.75, 3.05) is 5.32 Å². The Bertz CT molecular complexity index is 679. The number of benzene rings is 1. The summed E-state index contributed by atoms with van der Waals surface area (Å²) in [7, 11) is 0. The minimum atomic E-state index is -0.752. The van der Waals surface area contributed by atoms with Crippen molar-refractivity contribution in [1.82, 2.24) is 0 Å². The molecule has 1 aromatic carbocycles. The molecule has 0 unspecified atom stereocenters. The predicted octanol–water partition coefficient (Wildman–Crippen LogP) is 5.77. The molecular weight excluding hydrogens is 331 g/mol. The summed E-state index contributed by atoms with van der Waals surface area (Å²) in [6.07, 6.45) is 3.45. The minimum Gasteiger partial charge on any atom is -0.321 e. The lowest BCUT2D eigenvalue weighted by molar-refractivity contribution is -0.110. The Morgan fingerprint density at radius 1 is 1.41 bits per heavy atom. The molecule has 2 rings (SSSR count). The average Bonchev–Trinajstić information content (AvgIpc) is 2.73. The van der Waals surface area contributed by atoms with E-state index in [9.17, 15) is 13.6 Å². The molecule has 1 amide bonds. The van der Waals surface area contributed by atoms with Gasteiger partial charge in [-0.2, -0.15) is 0 Å². The van der Waals surface area contributed by atoms with Gasteiger partial charge in [0.15, 0.2) is 0 Å². The first-order chi connectivity index (χ1) is 10.4. The summed E-state index contributed by atoms with van der Waals surface area (Å²) in [5, 5.41) is 3.42. The maximum atomic E-state index is 12.0. The molecule has 0 bridgehead atoms. The summed E-state index contributed by atoms with van der Waals surface area (Å²) < 4.78 is 23.2. The molecule has 1 aromatic rings. The van der Waals surface area contributed by atoms with Crippen molar-refractivity contribution in [3.05, 3.63) is 70.8 Å². The third-order valence-electron chi connectivity index (χ3n) is 2.57. The van der Waals surface area contributed by atoms with E-state index in [1.54, 1.807) is 18.2 Å². The molecule has 0 aliphatic carbocycles. The summed E-state index contributed by atoms with van der Waals surface area (Å²) in [6.45, 7) is 5.02. The number of carbonyl (C=O) groups is 1. The Balaban J connectivity index is 0.000000239. The molecule has 1 aliphatic heterocycles. The maximum absolute atomic E-state index is 12.0. The fourth-order valence-corrected chi connectivity index (χ4v) is 1.99. The molecule has 0 saturated carbocycles. The monoisotopic (exact) mass is 343 g/mol. The van der Waals surface area contributed by atoms with Crippen molar-refractivity contribution in [2.24, 2.45) is 0 Å². The van der Waals surface area contributed by atoms with E-state index in [4.69, 9.17) is 23.2 Å². The van der Waals surface area contributed by atoms with Crippen LogP contribution in [0.15, 0.2) is 60.2 Å². The quantitative estimate of drug-likeness (QED) is 0.535. The van der Waals surface area contributed by atoms with Crippen LogP contribution in [0.5, 0.6) is 0 Å². The van der Waals surface area contributed by atoms with Gasteiger partial charge in [-0.1, -0.05) is 41.9 Å². The van der Waals surface area contributed by atoms with Crippen molar-refractivity contribution in [1.29, 1.82) is 0 Å². The highest BCUT2D eigenvalue weighted by molar-refractivity contribution is 6.34. The number of amides is 1. The van der Waals surface area contributed by atoms with Crippen LogP contribution in [0.3, 0.4) is 0 Å². The number of allylic oxidation sites excluding steroid dienone is 5. The summed E-state index contributed by atoms with van der Waals surface area (Å²) in [5.41, 5.74) is 2.44. The van der Waals surface area contributed by atoms with Crippen LogP contribution < -0.4 is 5.32 Å². The van der Waals surface area contributed by atoms with Gasteiger partial charge < -0.3 is 5.32 Å². The molecule has 0 radical (unpaired) electrons. The van der Waals surface area contributed by atoms with Crippen LogP contribution in [0, 0.1) is 0 Å². The lowest BCUT2D eigenvalue weighted by atomic mass is 10.1. The molecule has 0 spiro atoms.